The Balaban J connectivity index is 2.03. The third kappa shape index (κ3) is 2.28. The molecule has 0 aliphatic carbocycles. The number of hydrogen-bond acceptors (Lipinski definition) is 4. The molecule has 0 aliphatic heterocycles. The molecule has 0 saturated carbocycles. The standard InChI is InChI=1S/C13H9ClN4O2/c14-8-2-1-3-9(6-8)15-13-11-7-10(18(19)20)4-5-12(11)16-17-13/h1-7H,(H2,15,16,17). The van der Waals surface area contributed by atoms with Gasteiger partial charge in [0, 0.05) is 22.8 Å². The summed E-state index contributed by atoms with van der Waals surface area (Å²) >= 11 is 5.91. The van der Waals surface area contributed by atoms with E-state index in [4.69, 9.17) is 11.6 Å². The number of H-pyrrole nitrogens is 1. The summed E-state index contributed by atoms with van der Waals surface area (Å²) in [4.78, 5) is 10.4. The van der Waals surface area contributed by atoms with Crippen LogP contribution >= 0.6 is 11.6 Å². The number of nitrogens with one attached hydrogen (secondary N) is 2. The van der Waals surface area contributed by atoms with Gasteiger partial charge in [-0.1, -0.05) is 17.7 Å². The van der Waals surface area contributed by atoms with Crippen LogP contribution < -0.4 is 5.32 Å². The largest absolute Gasteiger partial charge is 0.338 e. The molecule has 1 aromatic heterocycles. The van der Waals surface area contributed by atoms with Gasteiger partial charge in [0.2, 0.25) is 0 Å². The fourth-order valence-electron chi connectivity index (χ4n) is 1.91. The van der Waals surface area contributed by atoms with Crippen LogP contribution in [-0.4, -0.2) is 15.1 Å². The van der Waals surface area contributed by atoms with Gasteiger partial charge in [0.05, 0.1) is 15.8 Å². The lowest BCUT2D eigenvalue weighted by Crippen LogP contribution is -1.91. The molecule has 0 bridgehead atoms. The molecular formula is C13H9ClN4O2. The Kier molecular flexibility index (Phi) is 3.00. The van der Waals surface area contributed by atoms with Crippen molar-refractivity contribution < 1.29 is 4.92 Å². The van der Waals surface area contributed by atoms with Gasteiger partial charge in [0.1, 0.15) is 0 Å². The maximum absolute atomic E-state index is 10.8. The van der Waals surface area contributed by atoms with Gasteiger partial charge in [-0.25, -0.2) is 0 Å². The van der Waals surface area contributed by atoms with E-state index in [1.165, 1.54) is 12.1 Å². The van der Waals surface area contributed by atoms with Gasteiger partial charge in [-0.2, -0.15) is 5.10 Å². The highest BCUT2D eigenvalue weighted by Crippen LogP contribution is 2.28. The summed E-state index contributed by atoms with van der Waals surface area (Å²) in [5.74, 6) is 0.519. The Morgan fingerprint density at radius 1 is 1.25 bits per heavy atom. The third-order valence-electron chi connectivity index (χ3n) is 2.84. The van der Waals surface area contributed by atoms with Crippen molar-refractivity contribution >= 4 is 39.7 Å². The number of nitro benzene ring substituents is 1. The first-order chi connectivity index (χ1) is 9.63. The first-order valence-electron chi connectivity index (χ1n) is 5.78. The number of aromatic amines is 1. The van der Waals surface area contributed by atoms with Gasteiger partial charge >= 0.3 is 0 Å². The van der Waals surface area contributed by atoms with Crippen LogP contribution in [0.1, 0.15) is 0 Å². The van der Waals surface area contributed by atoms with Gasteiger partial charge in [-0.05, 0) is 24.3 Å². The molecule has 0 unspecified atom stereocenters. The number of hydrogen-bond donors (Lipinski definition) is 2. The summed E-state index contributed by atoms with van der Waals surface area (Å²) in [5.41, 5.74) is 1.51. The molecule has 100 valence electrons. The molecule has 3 aromatic rings. The molecule has 3 rings (SSSR count). The van der Waals surface area contributed by atoms with E-state index in [9.17, 15) is 10.1 Å². The Bertz CT molecular complexity index is 800. The Hall–Kier alpha value is -2.60. The monoisotopic (exact) mass is 288 g/mol. The van der Waals surface area contributed by atoms with Gasteiger partial charge in [-0.3, -0.25) is 15.2 Å². The molecule has 0 aliphatic rings. The van der Waals surface area contributed by atoms with Gasteiger partial charge < -0.3 is 5.32 Å². The first-order valence-corrected chi connectivity index (χ1v) is 6.16. The molecule has 6 nitrogen and oxygen atoms in total. The van der Waals surface area contributed by atoms with E-state index >= 15 is 0 Å². The predicted molar refractivity (Wildman–Crippen MR) is 77.5 cm³/mol. The van der Waals surface area contributed by atoms with Crippen molar-refractivity contribution in [3.8, 4) is 0 Å². The molecule has 0 amide bonds. The Morgan fingerprint density at radius 3 is 2.85 bits per heavy atom. The van der Waals surface area contributed by atoms with E-state index in [0.29, 0.717) is 16.2 Å². The summed E-state index contributed by atoms with van der Waals surface area (Å²) in [6.45, 7) is 0. The summed E-state index contributed by atoms with van der Waals surface area (Å²) in [7, 11) is 0. The van der Waals surface area contributed by atoms with Crippen molar-refractivity contribution in [2.75, 3.05) is 5.32 Å². The zero-order valence-electron chi connectivity index (χ0n) is 10.1. The fourth-order valence-corrected chi connectivity index (χ4v) is 2.10. The number of halogens is 1. The van der Waals surface area contributed by atoms with E-state index in [1.54, 1.807) is 18.2 Å². The van der Waals surface area contributed by atoms with E-state index in [-0.39, 0.29) is 5.69 Å². The highest BCUT2D eigenvalue weighted by Gasteiger charge is 2.11. The van der Waals surface area contributed by atoms with E-state index in [0.717, 1.165) is 11.2 Å². The van der Waals surface area contributed by atoms with Crippen LogP contribution in [0, 0.1) is 10.1 Å². The SMILES string of the molecule is O=[N+]([O-])c1ccc2[nH]nc(Nc3cccc(Cl)c3)c2c1. The third-order valence-corrected chi connectivity index (χ3v) is 3.08. The lowest BCUT2D eigenvalue weighted by Gasteiger charge is -2.03. The molecule has 7 heteroatoms. The number of rotatable bonds is 3. The number of nitro groups is 1. The minimum atomic E-state index is -0.435. The average Bonchev–Trinajstić information content (AvgIpc) is 2.81. The van der Waals surface area contributed by atoms with Crippen LogP contribution in [0.3, 0.4) is 0 Å². The fraction of sp³-hybridized carbons (Fsp3) is 0. The number of benzene rings is 2. The molecule has 20 heavy (non-hydrogen) atoms. The lowest BCUT2D eigenvalue weighted by atomic mass is 10.2. The summed E-state index contributed by atoms with van der Waals surface area (Å²) in [6.07, 6.45) is 0. The van der Waals surface area contributed by atoms with E-state index in [1.807, 2.05) is 12.1 Å². The van der Waals surface area contributed by atoms with Crippen LogP contribution in [0.4, 0.5) is 17.2 Å². The lowest BCUT2D eigenvalue weighted by molar-refractivity contribution is -0.384. The minimum absolute atomic E-state index is 0.0213. The maximum Gasteiger partial charge on any atom is 0.270 e. The van der Waals surface area contributed by atoms with Gasteiger partial charge in [0.15, 0.2) is 5.82 Å². The molecule has 0 radical (unpaired) electrons. The van der Waals surface area contributed by atoms with Crippen LogP contribution in [0.15, 0.2) is 42.5 Å². The highest BCUT2D eigenvalue weighted by atomic mass is 35.5. The molecule has 2 N–H and O–H groups in total. The maximum atomic E-state index is 10.8. The van der Waals surface area contributed by atoms with Gasteiger partial charge in [-0.15, -0.1) is 0 Å². The number of non-ortho nitro benzene ring substituents is 1. The number of aromatic nitrogens is 2. The quantitative estimate of drug-likeness (QED) is 0.566. The Morgan fingerprint density at radius 2 is 2.10 bits per heavy atom. The first kappa shape index (κ1) is 12.4. The van der Waals surface area contributed by atoms with Gasteiger partial charge in [0.25, 0.3) is 5.69 Å². The van der Waals surface area contributed by atoms with Crippen molar-refractivity contribution in [3.63, 3.8) is 0 Å². The summed E-state index contributed by atoms with van der Waals surface area (Å²) in [5, 5.41) is 22.1. The zero-order valence-corrected chi connectivity index (χ0v) is 10.9. The number of nitrogens with zero attached hydrogens (tertiary/aromatic N) is 2. The van der Waals surface area contributed by atoms with Crippen molar-refractivity contribution in [1.82, 2.24) is 10.2 Å². The molecule has 0 fully saturated rings. The average molecular weight is 289 g/mol. The van der Waals surface area contributed by atoms with Crippen molar-refractivity contribution in [2.24, 2.45) is 0 Å². The highest BCUT2D eigenvalue weighted by molar-refractivity contribution is 6.30. The predicted octanol–water partition coefficient (Wildman–Crippen LogP) is 3.87. The summed E-state index contributed by atoms with van der Waals surface area (Å²) < 4.78 is 0. The number of fused-ring (bicyclic) bond motifs is 1. The van der Waals surface area contributed by atoms with Crippen LogP contribution in [0.2, 0.25) is 5.02 Å². The molecule has 0 saturated heterocycles. The second kappa shape index (κ2) is 4.82. The zero-order chi connectivity index (χ0) is 14.1. The Labute approximate surface area is 118 Å². The second-order valence-corrected chi connectivity index (χ2v) is 4.63. The topological polar surface area (TPSA) is 83.8 Å². The van der Waals surface area contributed by atoms with E-state index < -0.39 is 4.92 Å². The molecule has 0 spiro atoms. The molecular weight excluding hydrogens is 280 g/mol. The van der Waals surface area contributed by atoms with E-state index in [2.05, 4.69) is 15.5 Å². The van der Waals surface area contributed by atoms with Crippen LogP contribution in [-0.2, 0) is 0 Å². The van der Waals surface area contributed by atoms with Crippen molar-refractivity contribution in [1.29, 1.82) is 0 Å². The summed E-state index contributed by atoms with van der Waals surface area (Å²) in [6, 6.07) is 11.7. The molecule has 1 heterocycles. The molecule has 0 atom stereocenters. The number of anilines is 2. The van der Waals surface area contributed by atoms with Crippen molar-refractivity contribution in [3.05, 3.63) is 57.6 Å². The van der Waals surface area contributed by atoms with Crippen molar-refractivity contribution in [2.45, 2.75) is 0 Å². The normalized spacial score (nSPS) is 10.7. The van der Waals surface area contributed by atoms with Crippen LogP contribution in [0.25, 0.3) is 10.9 Å². The molecule has 2 aromatic carbocycles. The minimum Gasteiger partial charge on any atom is -0.338 e. The smallest absolute Gasteiger partial charge is 0.270 e. The second-order valence-electron chi connectivity index (χ2n) is 4.19. The van der Waals surface area contributed by atoms with Crippen LogP contribution in [0.5, 0.6) is 0 Å².